The zero-order valence-electron chi connectivity index (χ0n) is 7.24. The molecule has 0 amide bonds. The molecule has 0 atom stereocenters. The van der Waals surface area contributed by atoms with Crippen molar-refractivity contribution in [3.8, 4) is 5.75 Å². The van der Waals surface area contributed by atoms with E-state index < -0.39 is 0 Å². The number of rotatable bonds is 1. The van der Waals surface area contributed by atoms with Crippen LogP contribution in [0.4, 0.5) is 0 Å². The maximum Gasteiger partial charge on any atom is 0.136 e. The van der Waals surface area contributed by atoms with Crippen LogP contribution in [-0.2, 0) is 0 Å². The second-order valence-electron chi connectivity index (χ2n) is 2.65. The van der Waals surface area contributed by atoms with Crippen LogP contribution in [0.2, 0.25) is 5.02 Å². The van der Waals surface area contributed by atoms with Crippen LogP contribution in [0.3, 0.4) is 0 Å². The maximum absolute atomic E-state index is 5.96. The first-order chi connectivity index (χ1) is 5.57. The van der Waals surface area contributed by atoms with Gasteiger partial charge in [0.2, 0.25) is 0 Å². The van der Waals surface area contributed by atoms with Gasteiger partial charge in [0, 0.05) is 5.02 Å². The highest BCUT2D eigenvalue weighted by Crippen LogP contribution is 2.35. The molecule has 0 aromatic heterocycles. The van der Waals surface area contributed by atoms with Crippen molar-refractivity contribution in [2.45, 2.75) is 13.8 Å². The van der Waals surface area contributed by atoms with E-state index in [2.05, 4.69) is 15.9 Å². The molecular weight excluding hydrogens is 239 g/mol. The highest BCUT2D eigenvalue weighted by atomic mass is 79.9. The summed E-state index contributed by atoms with van der Waals surface area (Å²) in [6, 6.07) is 1.90. The van der Waals surface area contributed by atoms with E-state index >= 15 is 0 Å². The van der Waals surface area contributed by atoms with E-state index in [4.69, 9.17) is 16.3 Å². The summed E-state index contributed by atoms with van der Waals surface area (Å²) in [5.74, 6) is 0.858. The number of ether oxygens (including phenoxy) is 1. The Morgan fingerprint density at radius 3 is 2.50 bits per heavy atom. The summed E-state index contributed by atoms with van der Waals surface area (Å²) in [6.45, 7) is 3.92. The molecular formula is C9H10BrClO. The lowest BCUT2D eigenvalue weighted by atomic mass is 10.1. The number of hydrogen-bond donors (Lipinski definition) is 0. The van der Waals surface area contributed by atoms with Crippen molar-refractivity contribution in [1.82, 2.24) is 0 Å². The summed E-state index contributed by atoms with van der Waals surface area (Å²) in [5, 5.41) is 0.764. The number of benzene rings is 1. The maximum atomic E-state index is 5.96. The Bertz CT molecular complexity index is 310. The zero-order valence-corrected chi connectivity index (χ0v) is 9.58. The molecule has 0 spiro atoms. The molecule has 0 aliphatic carbocycles. The topological polar surface area (TPSA) is 9.23 Å². The first-order valence-corrected chi connectivity index (χ1v) is 4.74. The first kappa shape index (κ1) is 9.87. The van der Waals surface area contributed by atoms with Gasteiger partial charge in [-0.25, -0.2) is 0 Å². The van der Waals surface area contributed by atoms with Gasteiger partial charge in [-0.2, -0.15) is 0 Å². The fraction of sp³-hybridized carbons (Fsp3) is 0.333. The monoisotopic (exact) mass is 248 g/mol. The summed E-state index contributed by atoms with van der Waals surface area (Å²) in [7, 11) is 1.65. The van der Waals surface area contributed by atoms with Crippen molar-refractivity contribution in [3.05, 3.63) is 26.7 Å². The smallest absolute Gasteiger partial charge is 0.136 e. The quantitative estimate of drug-likeness (QED) is 0.737. The minimum Gasteiger partial charge on any atom is -0.495 e. The third-order valence-corrected chi connectivity index (χ3v) is 3.14. The number of aryl methyl sites for hydroxylation is 1. The summed E-state index contributed by atoms with van der Waals surface area (Å²) in [4.78, 5) is 0. The van der Waals surface area contributed by atoms with E-state index in [1.807, 2.05) is 19.9 Å². The molecule has 0 radical (unpaired) electrons. The van der Waals surface area contributed by atoms with Gasteiger partial charge in [-0.05, 0) is 47.0 Å². The Kier molecular flexibility index (Phi) is 3.02. The molecule has 1 rings (SSSR count). The van der Waals surface area contributed by atoms with E-state index in [1.54, 1.807) is 7.11 Å². The Balaban J connectivity index is 3.40. The number of hydrogen-bond acceptors (Lipinski definition) is 1. The number of methoxy groups -OCH3 is 1. The molecule has 3 heteroatoms. The van der Waals surface area contributed by atoms with E-state index in [1.165, 1.54) is 0 Å². The molecule has 0 aliphatic heterocycles. The minimum absolute atomic E-state index is 0.764. The van der Waals surface area contributed by atoms with E-state index in [9.17, 15) is 0 Å². The molecule has 0 fully saturated rings. The average molecular weight is 250 g/mol. The molecule has 0 unspecified atom stereocenters. The average Bonchev–Trinajstić information content (AvgIpc) is 2.01. The van der Waals surface area contributed by atoms with Crippen LogP contribution in [0.5, 0.6) is 5.75 Å². The van der Waals surface area contributed by atoms with Gasteiger partial charge in [-0.3, -0.25) is 0 Å². The molecule has 66 valence electrons. The first-order valence-electron chi connectivity index (χ1n) is 3.57. The standard InChI is InChI=1S/C9H10BrClO/c1-5-4-7(11)6(2)8(10)9(5)12-3/h4H,1-3H3. The van der Waals surface area contributed by atoms with Crippen molar-refractivity contribution in [3.63, 3.8) is 0 Å². The molecule has 1 nitrogen and oxygen atoms in total. The third-order valence-electron chi connectivity index (χ3n) is 1.79. The molecule has 0 heterocycles. The SMILES string of the molecule is COc1c(C)cc(Cl)c(C)c1Br. The van der Waals surface area contributed by atoms with Crippen LogP contribution in [-0.4, -0.2) is 7.11 Å². The summed E-state index contributed by atoms with van der Waals surface area (Å²) in [6.07, 6.45) is 0. The van der Waals surface area contributed by atoms with Crippen LogP contribution in [0.25, 0.3) is 0 Å². The van der Waals surface area contributed by atoms with Crippen molar-refractivity contribution < 1.29 is 4.74 Å². The summed E-state index contributed by atoms with van der Waals surface area (Å²) in [5.41, 5.74) is 2.05. The normalized spacial score (nSPS) is 10.1. The predicted molar refractivity (Wildman–Crippen MR) is 55.2 cm³/mol. The minimum atomic E-state index is 0.764. The Hall–Kier alpha value is -0.210. The molecule has 1 aromatic carbocycles. The van der Waals surface area contributed by atoms with Gasteiger partial charge in [-0.1, -0.05) is 11.6 Å². The molecule has 0 saturated heterocycles. The molecule has 0 N–H and O–H groups in total. The number of halogens is 2. The highest BCUT2D eigenvalue weighted by molar-refractivity contribution is 9.10. The van der Waals surface area contributed by atoms with E-state index in [0.29, 0.717) is 0 Å². The van der Waals surface area contributed by atoms with E-state index in [-0.39, 0.29) is 0 Å². The third kappa shape index (κ3) is 1.59. The lowest BCUT2D eigenvalue weighted by Gasteiger charge is -2.10. The molecule has 1 aromatic rings. The molecule has 0 bridgehead atoms. The Morgan fingerprint density at radius 2 is 2.00 bits per heavy atom. The van der Waals surface area contributed by atoms with Crippen LogP contribution in [0.1, 0.15) is 11.1 Å². The molecule has 0 aliphatic rings. The van der Waals surface area contributed by atoms with Crippen molar-refractivity contribution in [2.24, 2.45) is 0 Å². The largest absolute Gasteiger partial charge is 0.495 e. The van der Waals surface area contributed by atoms with E-state index in [0.717, 1.165) is 26.4 Å². The molecule has 12 heavy (non-hydrogen) atoms. The van der Waals surface area contributed by atoms with Crippen LogP contribution in [0, 0.1) is 13.8 Å². The Morgan fingerprint density at radius 1 is 1.42 bits per heavy atom. The summed E-state index contributed by atoms with van der Waals surface area (Å²) >= 11 is 9.40. The van der Waals surface area contributed by atoms with Gasteiger partial charge < -0.3 is 4.74 Å². The van der Waals surface area contributed by atoms with Crippen LogP contribution in [0.15, 0.2) is 10.5 Å². The Labute approximate surface area is 85.8 Å². The zero-order chi connectivity index (χ0) is 9.30. The fourth-order valence-corrected chi connectivity index (χ4v) is 2.12. The second-order valence-corrected chi connectivity index (χ2v) is 3.85. The van der Waals surface area contributed by atoms with Crippen molar-refractivity contribution in [1.29, 1.82) is 0 Å². The second kappa shape index (κ2) is 3.67. The lowest BCUT2D eigenvalue weighted by molar-refractivity contribution is 0.408. The van der Waals surface area contributed by atoms with Gasteiger partial charge in [0.25, 0.3) is 0 Å². The van der Waals surface area contributed by atoms with Crippen molar-refractivity contribution in [2.75, 3.05) is 7.11 Å². The van der Waals surface area contributed by atoms with Gasteiger partial charge in [0.15, 0.2) is 0 Å². The lowest BCUT2D eigenvalue weighted by Crippen LogP contribution is -1.91. The fourth-order valence-electron chi connectivity index (χ4n) is 1.06. The summed E-state index contributed by atoms with van der Waals surface area (Å²) < 4.78 is 6.15. The highest BCUT2D eigenvalue weighted by Gasteiger charge is 2.09. The van der Waals surface area contributed by atoms with Crippen LogP contribution >= 0.6 is 27.5 Å². The van der Waals surface area contributed by atoms with Gasteiger partial charge in [0.05, 0.1) is 11.6 Å². The van der Waals surface area contributed by atoms with Crippen molar-refractivity contribution >= 4 is 27.5 Å². The molecule has 0 saturated carbocycles. The van der Waals surface area contributed by atoms with Gasteiger partial charge in [-0.15, -0.1) is 0 Å². The predicted octanol–water partition coefficient (Wildman–Crippen LogP) is 3.73. The van der Waals surface area contributed by atoms with Crippen LogP contribution < -0.4 is 4.74 Å². The van der Waals surface area contributed by atoms with Gasteiger partial charge in [0.1, 0.15) is 5.75 Å². The van der Waals surface area contributed by atoms with Gasteiger partial charge >= 0.3 is 0 Å².